The summed E-state index contributed by atoms with van der Waals surface area (Å²) in [5.41, 5.74) is 4.94. The van der Waals surface area contributed by atoms with Crippen LogP contribution >= 0.6 is 0 Å². The average molecular weight is 136 g/mol. The van der Waals surface area contributed by atoms with Crippen LogP contribution < -0.4 is 5.48 Å². The molecule has 0 radical (unpaired) electrons. The highest BCUT2D eigenvalue weighted by Gasteiger charge is 2.10. The molecular formula is C7H8N2O. The minimum absolute atomic E-state index is 0.767. The van der Waals surface area contributed by atoms with Crippen molar-refractivity contribution in [2.24, 2.45) is 4.99 Å². The monoisotopic (exact) mass is 136 g/mol. The molecule has 2 aliphatic rings. The van der Waals surface area contributed by atoms with E-state index in [2.05, 4.69) is 16.5 Å². The van der Waals surface area contributed by atoms with E-state index in [1.807, 2.05) is 6.21 Å². The van der Waals surface area contributed by atoms with Gasteiger partial charge in [-0.15, -0.1) is 0 Å². The summed E-state index contributed by atoms with van der Waals surface area (Å²) in [6.07, 6.45) is 6.59. The number of fused-ring (bicyclic) bond motifs is 1. The van der Waals surface area contributed by atoms with Crippen LogP contribution in [0.1, 0.15) is 6.42 Å². The zero-order chi connectivity index (χ0) is 6.81. The van der Waals surface area contributed by atoms with Gasteiger partial charge < -0.3 is 4.84 Å². The number of allylic oxidation sites excluding steroid dienone is 1. The van der Waals surface area contributed by atoms with E-state index in [0.29, 0.717) is 0 Å². The molecule has 0 saturated carbocycles. The van der Waals surface area contributed by atoms with Gasteiger partial charge in [-0.3, -0.25) is 4.99 Å². The Bertz CT molecular complexity index is 228. The van der Waals surface area contributed by atoms with Crippen LogP contribution in [0.5, 0.6) is 0 Å². The number of hydrogen-bond donors (Lipinski definition) is 1. The second-order valence-corrected chi connectivity index (χ2v) is 2.22. The van der Waals surface area contributed by atoms with Gasteiger partial charge in [0.15, 0.2) is 0 Å². The highest BCUT2D eigenvalue weighted by atomic mass is 16.6. The number of nitrogens with one attached hydrogen (secondary N) is 1. The number of hydroxylamine groups is 1. The second kappa shape index (κ2) is 2.27. The lowest BCUT2D eigenvalue weighted by Crippen LogP contribution is -2.21. The minimum atomic E-state index is 0.767. The largest absolute Gasteiger partial charge is 0.414 e. The van der Waals surface area contributed by atoms with Gasteiger partial charge in [-0.1, -0.05) is 6.08 Å². The molecule has 52 valence electrons. The Morgan fingerprint density at radius 2 is 2.60 bits per heavy atom. The molecule has 3 nitrogen and oxygen atoms in total. The van der Waals surface area contributed by atoms with Gasteiger partial charge in [0.05, 0.1) is 6.54 Å². The van der Waals surface area contributed by atoms with E-state index in [9.17, 15) is 0 Å². The topological polar surface area (TPSA) is 33.6 Å². The van der Waals surface area contributed by atoms with Crippen molar-refractivity contribution in [2.75, 3.05) is 6.54 Å². The quantitative estimate of drug-likeness (QED) is 0.533. The fourth-order valence-electron chi connectivity index (χ4n) is 1.02. The molecule has 3 heteroatoms. The second-order valence-electron chi connectivity index (χ2n) is 2.22. The molecule has 0 spiro atoms. The Hall–Kier alpha value is -1.09. The average Bonchev–Trinajstić information content (AvgIpc) is 2.05. The van der Waals surface area contributed by atoms with Crippen molar-refractivity contribution in [1.29, 1.82) is 0 Å². The zero-order valence-corrected chi connectivity index (χ0v) is 5.50. The summed E-state index contributed by atoms with van der Waals surface area (Å²) in [5.74, 6) is 0. The molecule has 0 bridgehead atoms. The first-order chi connectivity index (χ1) is 4.97. The summed E-state index contributed by atoms with van der Waals surface area (Å²) in [7, 11) is 0. The number of dihydropyridines is 1. The van der Waals surface area contributed by atoms with E-state index in [1.54, 1.807) is 6.26 Å². The van der Waals surface area contributed by atoms with Gasteiger partial charge in [0.25, 0.3) is 0 Å². The lowest BCUT2D eigenvalue weighted by molar-refractivity contribution is 0.132. The third-order valence-corrected chi connectivity index (χ3v) is 1.55. The summed E-state index contributed by atoms with van der Waals surface area (Å²) in [5, 5.41) is 0. The first kappa shape index (κ1) is 5.68. The molecule has 0 aromatic carbocycles. The Morgan fingerprint density at radius 3 is 3.50 bits per heavy atom. The molecule has 2 heterocycles. The maximum absolute atomic E-state index is 4.87. The van der Waals surface area contributed by atoms with E-state index < -0.39 is 0 Å². The summed E-state index contributed by atoms with van der Waals surface area (Å²) in [6, 6.07) is 0. The Labute approximate surface area is 59.1 Å². The van der Waals surface area contributed by atoms with Crippen molar-refractivity contribution < 1.29 is 4.84 Å². The summed E-state index contributed by atoms with van der Waals surface area (Å²) in [4.78, 5) is 9.03. The van der Waals surface area contributed by atoms with Gasteiger partial charge in [-0.2, -0.15) is 5.48 Å². The molecule has 0 aromatic rings. The van der Waals surface area contributed by atoms with E-state index in [4.69, 9.17) is 4.84 Å². The summed E-state index contributed by atoms with van der Waals surface area (Å²) in [6.45, 7) is 0.767. The molecule has 0 fully saturated rings. The molecule has 0 unspecified atom stereocenters. The molecule has 10 heavy (non-hydrogen) atoms. The number of aliphatic imine (C=N–C) groups is 1. The standard InChI is InChI=1S/C7H8N2O/c1-2-6-4-9-10-5-7(6)8-3-1/h2-3,5,9H,1,4H2. The lowest BCUT2D eigenvalue weighted by atomic mass is 10.1. The molecule has 0 aromatic heterocycles. The number of nitrogens with zero attached hydrogens (tertiary/aromatic N) is 1. The fraction of sp³-hybridized carbons (Fsp3) is 0.286. The van der Waals surface area contributed by atoms with Crippen LogP contribution in [0, 0.1) is 0 Å². The van der Waals surface area contributed by atoms with Crippen molar-refractivity contribution >= 4 is 6.21 Å². The molecule has 0 atom stereocenters. The normalized spacial score (nSPS) is 22.4. The summed E-state index contributed by atoms with van der Waals surface area (Å²) >= 11 is 0. The predicted molar refractivity (Wildman–Crippen MR) is 38.4 cm³/mol. The van der Waals surface area contributed by atoms with E-state index in [1.165, 1.54) is 5.57 Å². The molecule has 0 amide bonds. The third kappa shape index (κ3) is 0.844. The fourth-order valence-corrected chi connectivity index (χ4v) is 1.02. The maximum Gasteiger partial charge on any atom is 0.137 e. The molecule has 2 aliphatic heterocycles. The molecule has 1 N–H and O–H groups in total. The summed E-state index contributed by atoms with van der Waals surface area (Å²) < 4.78 is 0. The Balaban J connectivity index is 2.32. The van der Waals surface area contributed by atoms with E-state index in [0.717, 1.165) is 18.7 Å². The minimum Gasteiger partial charge on any atom is -0.414 e. The smallest absolute Gasteiger partial charge is 0.137 e. The van der Waals surface area contributed by atoms with Crippen LogP contribution in [0.15, 0.2) is 28.6 Å². The van der Waals surface area contributed by atoms with Crippen LogP contribution in [-0.2, 0) is 4.84 Å². The Morgan fingerprint density at radius 1 is 1.60 bits per heavy atom. The third-order valence-electron chi connectivity index (χ3n) is 1.55. The number of hydrogen-bond acceptors (Lipinski definition) is 3. The van der Waals surface area contributed by atoms with E-state index >= 15 is 0 Å². The van der Waals surface area contributed by atoms with Crippen molar-refractivity contribution in [1.82, 2.24) is 5.48 Å². The number of rotatable bonds is 0. The van der Waals surface area contributed by atoms with E-state index in [-0.39, 0.29) is 0 Å². The van der Waals surface area contributed by atoms with Gasteiger partial charge in [0, 0.05) is 12.6 Å². The first-order valence-electron chi connectivity index (χ1n) is 3.27. The van der Waals surface area contributed by atoms with Gasteiger partial charge in [0.2, 0.25) is 0 Å². The van der Waals surface area contributed by atoms with Gasteiger partial charge in [-0.25, -0.2) is 0 Å². The van der Waals surface area contributed by atoms with Crippen molar-refractivity contribution in [3.8, 4) is 0 Å². The van der Waals surface area contributed by atoms with Crippen molar-refractivity contribution in [3.05, 3.63) is 23.6 Å². The van der Waals surface area contributed by atoms with Gasteiger partial charge in [0.1, 0.15) is 12.0 Å². The van der Waals surface area contributed by atoms with Crippen molar-refractivity contribution in [3.63, 3.8) is 0 Å². The zero-order valence-electron chi connectivity index (χ0n) is 5.50. The van der Waals surface area contributed by atoms with Gasteiger partial charge in [-0.05, 0) is 5.57 Å². The molecular weight excluding hydrogens is 128 g/mol. The maximum atomic E-state index is 4.87. The predicted octanol–water partition coefficient (Wildman–Crippen LogP) is 0.764. The first-order valence-corrected chi connectivity index (χ1v) is 3.27. The highest BCUT2D eigenvalue weighted by Crippen LogP contribution is 2.17. The molecule has 2 rings (SSSR count). The van der Waals surface area contributed by atoms with Crippen LogP contribution in [-0.4, -0.2) is 12.8 Å². The van der Waals surface area contributed by atoms with Crippen LogP contribution in [0.25, 0.3) is 0 Å². The Kier molecular flexibility index (Phi) is 1.29. The van der Waals surface area contributed by atoms with Crippen LogP contribution in [0.3, 0.4) is 0 Å². The lowest BCUT2D eigenvalue weighted by Gasteiger charge is -2.16. The highest BCUT2D eigenvalue weighted by molar-refractivity contribution is 5.65. The molecule has 0 aliphatic carbocycles. The molecule has 0 saturated heterocycles. The SMILES string of the molecule is C1=NC2=CONCC2=CC1. The van der Waals surface area contributed by atoms with Gasteiger partial charge >= 0.3 is 0 Å². The van der Waals surface area contributed by atoms with Crippen LogP contribution in [0.2, 0.25) is 0 Å². The van der Waals surface area contributed by atoms with Crippen molar-refractivity contribution in [2.45, 2.75) is 6.42 Å². The van der Waals surface area contributed by atoms with Crippen LogP contribution in [0.4, 0.5) is 0 Å².